The second-order valence-electron chi connectivity index (χ2n) is 3.95. The lowest BCUT2D eigenvalue weighted by Crippen LogP contribution is -2.64. The highest BCUT2D eigenvalue weighted by Crippen LogP contribution is 2.08. The molecule has 0 atom stereocenters. The van der Waals surface area contributed by atoms with Gasteiger partial charge in [0.25, 0.3) is 6.20 Å². The number of nitrogens with one attached hydrogen (secondary N) is 1. The third-order valence-electron chi connectivity index (χ3n) is 2.46. The average Bonchev–Trinajstić information content (AvgIpc) is 2.86. The number of hydrogen-bond donors (Lipinski definition) is 1. The second-order valence-corrected chi connectivity index (χ2v) is 5.10. The van der Waals surface area contributed by atoms with Crippen LogP contribution in [0.25, 0.3) is 0 Å². The van der Waals surface area contributed by atoms with Crippen LogP contribution in [0, 0.1) is 0 Å². The minimum Gasteiger partial charge on any atom is -0.861 e. The van der Waals surface area contributed by atoms with Crippen LogP contribution in [0.4, 0.5) is 5.88 Å². The van der Waals surface area contributed by atoms with Crippen molar-refractivity contribution in [2.45, 2.75) is 6.92 Å². The number of piperazine rings is 1. The molecule has 0 aromatic carbocycles. The van der Waals surface area contributed by atoms with E-state index in [2.05, 4.69) is 15.6 Å². The highest BCUT2D eigenvalue weighted by Gasteiger charge is 2.21. The summed E-state index contributed by atoms with van der Waals surface area (Å²) >= 11 is 0.924. The van der Waals surface area contributed by atoms with E-state index < -0.39 is 5.90 Å². The molecule has 8 nitrogen and oxygen atoms in total. The van der Waals surface area contributed by atoms with Crippen molar-refractivity contribution in [2.75, 3.05) is 36.9 Å². The fourth-order valence-corrected chi connectivity index (χ4v) is 1.98. The van der Waals surface area contributed by atoms with Crippen LogP contribution in [0.1, 0.15) is 6.92 Å². The minimum atomic E-state index is -0.413. The van der Waals surface area contributed by atoms with Crippen molar-refractivity contribution in [2.24, 2.45) is 4.99 Å². The summed E-state index contributed by atoms with van der Waals surface area (Å²) in [6, 6.07) is 0. The van der Waals surface area contributed by atoms with Gasteiger partial charge in [-0.25, -0.2) is 4.99 Å². The second kappa shape index (κ2) is 8.22. The smallest absolute Gasteiger partial charge is 0.324 e. The van der Waals surface area contributed by atoms with Gasteiger partial charge in [0.2, 0.25) is 5.27 Å². The molecule has 0 bridgehead atoms. The van der Waals surface area contributed by atoms with Crippen LogP contribution in [-0.2, 0) is 4.79 Å². The highest BCUT2D eigenvalue weighted by atomic mass is 79.9. The monoisotopic (exact) mass is 365 g/mol. The van der Waals surface area contributed by atoms with Crippen LogP contribution < -0.4 is 20.2 Å². The zero-order valence-electron chi connectivity index (χ0n) is 10.9. The molecule has 0 unspecified atom stereocenters. The number of thioether (sulfide) groups is 1. The molecule has 1 aliphatic heterocycles. The van der Waals surface area contributed by atoms with Gasteiger partial charge in [-0.15, -0.1) is 17.0 Å². The number of carbonyl (C=O) groups excluding carboxylic acids is 1. The number of aromatic nitrogens is 2. The molecule has 1 N–H and O–H groups in total. The first kappa shape index (κ1) is 16.9. The predicted octanol–water partition coefficient (Wildman–Crippen LogP) is -1.25. The van der Waals surface area contributed by atoms with Crippen LogP contribution >= 0.6 is 28.7 Å². The Kier molecular flexibility index (Phi) is 6.96. The molecule has 1 fully saturated rings. The Balaban J connectivity index is 0.00000200. The van der Waals surface area contributed by atoms with E-state index in [0.29, 0.717) is 0 Å². The molecule has 2 heterocycles. The minimum absolute atomic E-state index is 0. The van der Waals surface area contributed by atoms with E-state index in [4.69, 9.17) is 4.52 Å². The van der Waals surface area contributed by atoms with Crippen LogP contribution in [0.3, 0.4) is 0 Å². The molecule has 1 saturated heterocycles. The third-order valence-corrected chi connectivity index (χ3v) is 3.26. The Bertz CT molecular complexity index is 475. The lowest BCUT2D eigenvalue weighted by molar-refractivity contribution is -0.758. The zero-order valence-corrected chi connectivity index (χ0v) is 13.5. The molecule has 0 radical (unpaired) electrons. The van der Waals surface area contributed by atoms with Gasteiger partial charge in [-0.3, -0.25) is 9.32 Å². The summed E-state index contributed by atoms with van der Waals surface area (Å²) in [6.45, 7) is 4.78. The van der Waals surface area contributed by atoms with Gasteiger partial charge in [0.1, 0.15) is 0 Å². The van der Waals surface area contributed by atoms with Crippen LogP contribution in [0.2, 0.25) is 0 Å². The number of hydrogen-bond acceptors (Lipinski definition) is 8. The summed E-state index contributed by atoms with van der Waals surface area (Å²) in [5, 5.41) is 20.3. The number of halogens is 1. The van der Waals surface area contributed by atoms with Crippen molar-refractivity contribution in [1.29, 1.82) is 0 Å². The SMILES string of the molecule is Br.CC(=O)SCC([O-])=Nc1c[n+](N2CCNCC2)no1. The summed E-state index contributed by atoms with van der Waals surface area (Å²) in [4.78, 5) is 16.0. The number of carbonyl (C=O) groups is 1. The largest absolute Gasteiger partial charge is 0.861 e. The summed E-state index contributed by atoms with van der Waals surface area (Å²) in [5.74, 6) is -0.250. The van der Waals surface area contributed by atoms with Crippen molar-refractivity contribution in [3.05, 3.63) is 6.20 Å². The van der Waals surface area contributed by atoms with Crippen molar-refractivity contribution in [3.8, 4) is 0 Å². The fraction of sp³-hybridized carbons (Fsp3) is 0.600. The molecule has 1 aromatic heterocycles. The Hall–Kier alpha value is -1.13. The van der Waals surface area contributed by atoms with E-state index in [1.54, 1.807) is 11.0 Å². The average molecular weight is 366 g/mol. The Morgan fingerprint density at radius 1 is 1.65 bits per heavy atom. The molecular weight excluding hydrogens is 350 g/mol. The maximum Gasteiger partial charge on any atom is 0.324 e. The summed E-state index contributed by atoms with van der Waals surface area (Å²) in [5.41, 5.74) is 0. The quantitative estimate of drug-likeness (QED) is 0.404. The Labute approximate surface area is 130 Å². The molecule has 0 saturated carbocycles. The topological polar surface area (TPSA) is 97.7 Å². The first-order valence-corrected chi connectivity index (χ1v) is 6.86. The van der Waals surface area contributed by atoms with E-state index in [1.165, 1.54) is 6.92 Å². The maximum absolute atomic E-state index is 11.4. The van der Waals surface area contributed by atoms with Crippen molar-refractivity contribution in [1.82, 2.24) is 10.6 Å². The molecule has 1 aliphatic rings. The predicted molar refractivity (Wildman–Crippen MR) is 78.1 cm³/mol. The molecule has 1 aromatic rings. The normalized spacial score (nSPS) is 15.8. The maximum atomic E-state index is 11.4. The lowest BCUT2D eigenvalue weighted by Gasteiger charge is -2.19. The molecule has 10 heteroatoms. The molecule has 112 valence electrons. The molecule has 20 heavy (non-hydrogen) atoms. The molecule has 2 rings (SSSR count). The van der Waals surface area contributed by atoms with Crippen LogP contribution in [0.15, 0.2) is 15.7 Å². The van der Waals surface area contributed by atoms with Gasteiger partial charge in [0.15, 0.2) is 5.12 Å². The fourth-order valence-electron chi connectivity index (χ4n) is 1.59. The van der Waals surface area contributed by atoms with Gasteiger partial charge in [0, 0.05) is 25.8 Å². The highest BCUT2D eigenvalue weighted by molar-refractivity contribution is 8.93. The first-order valence-electron chi connectivity index (χ1n) is 5.87. The van der Waals surface area contributed by atoms with Gasteiger partial charge < -0.3 is 10.4 Å². The zero-order chi connectivity index (χ0) is 13.7. The number of aliphatic imine (C=N–C) groups is 1. The van der Waals surface area contributed by atoms with Crippen molar-refractivity contribution < 1.29 is 19.2 Å². The molecule has 0 spiro atoms. The Morgan fingerprint density at radius 3 is 3.00 bits per heavy atom. The van der Waals surface area contributed by atoms with E-state index in [0.717, 1.165) is 37.9 Å². The lowest BCUT2D eigenvalue weighted by atomic mass is 10.4. The van der Waals surface area contributed by atoms with Gasteiger partial charge in [-0.2, -0.15) is 5.01 Å². The molecular formula is C10H16BrN5O3S. The van der Waals surface area contributed by atoms with E-state index in [1.807, 2.05) is 5.01 Å². The van der Waals surface area contributed by atoms with E-state index in [-0.39, 0.29) is 33.7 Å². The van der Waals surface area contributed by atoms with Crippen LogP contribution in [-0.4, -0.2) is 48.2 Å². The number of nitrogens with zero attached hydrogens (tertiary/aromatic N) is 4. The molecule has 0 amide bonds. The standard InChI is InChI=1S/C10H15N5O3S.BrH/c1-8(16)19-7-9(17)12-10-6-15(13-18-10)14-4-2-11-3-5-14;/h6,11H,2-5,7H2,1H3;1H. The number of rotatable bonds is 4. The van der Waals surface area contributed by atoms with E-state index in [9.17, 15) is 9.90 Å². The van der Waals surface area contributed by atoms with Crippen molar-refractivity contribution in [3.63, 3.8) is 0 Å². The van der Waals surface area contributed by atoms with Gasteiger partial charge in [-0.1, -0.05) is 11.8 Å². The summed E-state index contributed by atoms with van der Waals surface area (Å²) in [6.07, 6.45) is 1.56. The van der Waals surface area contributed by atoms with Gasteiger partial charge in [-0.05, 0) is 5.90 Å². The van der Waals surface area contributed by atoms with Crippen LogP contribution in [0.5, 0.6) is 0 Å². The van der Waals surface area contributed by atoms with E-state index >= 15 is 0 Å². The Morgan fingerprint density at radius 2 is 2.35 bits per heavy atom. The van der Waals surface area contributed by atoms with Gasteiger partial charge in [0.05, 0.1) is 17.9 Å². The first-order chi connectivity index (χ1) is 9.15. The summed E-state index contributed by atoms with van der Waals surface area (Å²) in [7, 11) is 0. The third kappa shape index (κ3) is 5.10. The van der Waals surface area contributed by atoms with Gasteiger partial charge >= 0.3 is 5.88 Å². The van der Waals surface area contributed by atoms with Crippen molar-refractivity contribution >= 4 is 45.6 Å². The summed E-state index contributed by atoms with van der Waals surface area (Å²) < 4.78 is 4.96. The molecule has 0 aliphatic carbocycles.